The van der Waals surface area contributed by atoms with E-state index in [4.69, 9.17) is 16.3 Å². The summed E-state index contributed by atoms with van der Waals surface area (Å²) in [6, 6.07) is 5.43. The zero-order valence-corrected chi connectivity index (χ0v) is 10.0. The van der Waals surface area contributed by atoms with Crippen molar-refractivity contribution >= 4 is 23.7 Å². The van der Waals surface area contributed by atoms with Crippen LogP contribution in [0.5, 0.6) is 0 Å². The third-order valence-corrected chi connectivity index (χ3v) is 2.66. The van der Waals surface area contributed by atoms with Gasteiger partial charge >= 0.3 is 0 Å². The van der Waals surface area contributed by atoms with Crippen LogP contribution < -0.4 is 10.4 Å². The van der Waals surface area contributed by atoms with Crippen molar-refractivity contribution in [3.63, 3.8) is 0 Å². The lowest BCUT2D eigenvalue weighted by molar-refractivity contribution is -0.113. The van der Waals surface area contributed by atoms with Crippen LogP contribution in [0.25, 0.3) is 0 Å². The Labute approximate surface area is 104 Å². The molecule has 90 valence electrons. The summed E-state index contributed by atoms with van der Waals surface area (Å²) in [5, 5.41) is 1.95. The molecule has 0 bridgehead atoms. The molecule has 1 aromatic heterocycles. The number of methoxy groups -OCH3 is 1. The summed E-state index contributed by atoms with van der Waals surface area (Å²) in [6.07, 6.45) is 4.03. The SMILES string of the molecule is COCC1(C=O)C=C(Cl)N(c2ccccn2)N1. The summed E-state index contributed by atoms with van der Waals surface area (Å²) in [6.45, 7) is 0.204. The number of aromatic nitrogens is 1. The Balaban J connectivity index is 2.26. The zero-order chi connectivity index (χ0) is 12.3. The van der Waals surface area contributed by atoms with Crippen molar-refractivity contribution in [2.75, 3.05) is 18.7 Å². The van der Waals surface area contributed by atoms with Crippen LogP contribution in [0.1, 0.15) is 0 Å². The summed E-state index contributed by atoms with van der Waals surface area (Å²) in [7, 11) is 1.53. The zero-order valence-electron chi connectivity index (χ0n) is 9.26. The first-order valence-corrected chi connectivity index (χ1v) is 5.41. The Morgan fingerprint density at radius 2 is 2.47 bits per heavy atom. The number of pyridine rings is 1. The summed E-state index contributed by atoms with van der Waals surface area (Å²) >= 11 is 6.08. The van der Waals surface area contributed by atoms with E-state index in [1.54, 1.807) is 29.4 Å². The van der Waals surface area contributed by atoms with E-state index in [0.717, 1.165) is 6.29 Å². The monoisotopic (exact) mass is 253 g/mol. The van der Waals surface area contributed by atoms with Crippen molar-refractivity contribution in [2.24, 2.45) is 0 Å². The number of carbonyl (C=O) groups is 1. The van der Waals surface area contributed by atoms with Gasteiger partial charge in [-0.3, -0.25) is 0 Å². The maximum absolute atomic E-state index is 11.1. The van der Waals surface area contributed by atoms with Gasteiger partial charge in [-0.25, -0.2) is 15.4 Å². The molecule has 1 aromatic rings. The third-order valence-electron chi connectivity index (χ3n) is 2.38. The number of nitrogens with zero attached hydrogens (tertiary/aromatic N) is 2. The summed E-state index contributed by atoms with van der Waals surface area (Å²) < 4.78 is 5.01. The van der Waals surface area contributed by atoms with E-state index in [-0.39, 0.29) is 6.61 Å². The lowest BCUT2D eigenvalue weighted by atomic mass is 10.1. The molecule has 2 heterocycles. The molecule has 0 saturated carbocycles. The van der Waals surface area contributed by atoms with Gasteiger partial charge in [-0.1, -0.05) is 17.7 Å². The summed E-state index contributed by atoms with van der Waals surface area (Å²) in [5.74, 6) is 0.619. The number of hydrogen-bond acceptors (Lipinski definition) is 5. The van der Waals surface area contributed by atoms with E-state index in [0.29, 0.717) is 11.0 Å². The van der Waals surface area contributed by atoms with Crippen LogP contribution >= 0.6 is 11.6 Å². The molecular formula is C11H12ClN3O2. The number of nitrogens with one attached hydrogen (secondary N) is 1. The summed E-state index contributed by atoms with van der Waals surface area (Å²) in [5.41, 5.74) is 2.05. The smallest absolute Gasteiger partial charge is 0.148 e. The van der Waals surface area contributed by atoms with Gasteiger partial charge in [-0.05, 0) is 18.2 Å². The Morgan fingerprint density at radius 3 is 3.06 bits per heavy atom. The van der Waals surface area contributed by atoms with Crippen molar-refractivity contribution in [3.05, 3.63) is 35.6 Å². The largest absolute Gasteiger partial charge is 0.382 e. The molecule has 0 aliphatic carbocycles. The normalized spacial score (nSPS) is 23.6. The fraction of sp³-hybridized carbons (Fsp3) is 0.273. The molecule has 17 heavy (non-hydrogen) atoms. The highest BCUT2D eigenvalue weighted by atomic mass is 35.5. The predicted molar refractivity (Wildman–Crippen MR) is 64.5 cm³/mol. The van der Waals surface area contributed by atoms with Crippen LogP contribution in [-0.2, 0) is 9.53 Å². The van der Waals surface area contributed by atoms with Crippen molar-refractivity contribution in [2.45, 2.75) is 5.54 Å². The highest BCUT2D eigenvalue weighted by molar-refractivity contribution is 6.31. The average Bonchev–Trinajstić information content (AvgIpc) is 2.69. The van der Waals surface area contributed by atoms with E-state index in [1.165, 1.54) is 7.11 Å². The molecule has 5 nitrogen and oxygen atoms in total. The van der Waals surface area contributed by atoms with Crippen molar-refractivity contribution < 1.29 is 9.53 Å². The molecule has 1 aliphatic heterocycles. The van der Waals surface area contributed by atoms with Gasteiger partial charge in [0.2, 0.25) is 0 Å². The van der Waals surface area contributed by atoms with Crippen molar-refractivity contribution in [1.82, 2.24) is 10.4 Å². The molecule has 0 saturated heterocycles. The molecule has 2 rings (SSSR count). The fourth-order valence-electron chi connectivity index (χ4n) is 1.63. The van der Waals surface area contributed by atoms with Crippen LogP contribution in [-0.4, -0.2) is 30.5 Å². The standard InChI is InChI=1S/C11H12ClN3O2/c1-17-8-11(7-16)6-9(12)15(14-11)10-4-2-3-5-13-10/h2-7,14H,8H2,1H3. The van der Waals surface area contributed by atoms with E-state index in [1.807, 2.05) is 6.07 Å². The van der Waals surface area contributed by atoms with Crippen LogP contribution in [0.15, 0.2) is 35.6 Å². The number of aldehydes is 1. The minimum atomic E-state index is -0.927. The molecule has 0 fully saturated rings. The van der Waals surface area contributed by atoms with E-state index in [2.05, 4.69) is 10.4 Å². The molecule has 1 N–H and O–H groups in total. The van der Waals surface area contributed by atoms with Gasteiger partial charge < -0.3 is 9.53 Å². The third kappa shape index (κ3) is 2.31. The summed E-state index contributed by atoms with van der Waals surface area (Å²) in [4.78, 5) is 15.3. The Bertz CT molecular complexity index is 438. The number of anilines is 1. The molecule has 0 radical (unpaired) electrons. The molecule has 1 unspecified atom stereocenters. The highest BCUT2D eigenvalue weighted by Crippen LogP contribution is 2.26. The van der Waals surface area contributed by atoms with Gasteiger partial charge in [0.05, 0.1) is 6.61 Å². The van der Waals surface area contributed by atoms with Gasteiger partial charge in [0.1, 0.15) is 22.8 Å². The van der Waals surface area contributed by atoms with Crippen LogP contribution in [0.2, 0.25) is 0 Å². The van der Waals surface area contributed by atoms with Gasteiger partial charge in [0, 0.05) is 13.3 Å². The van der Waals surface area contributed by atoms with Gasteiger partial charge in [0.15, 0.2) is 0 Å². The first kappa shape index (κ1) is 12.0. The molecule has 6 heteroatoms. The molecule has 1 atom stereocenters. The first-order chi connectivity index (χ1) is 8.21. The minimum Gasteiger partial charge on any atom is -0.382 e. The minimum absolute atomic E-state index is 0.204. The van der Waals surface area contributed by atoms with Crippen molar-refractivity contribution in [3.8, 4) is 0 Å². The van der Waals surface area contributed by atoms with E-state index < -0.39 is 5.54 Å². The molecule has 0 aromatic carbocycles. The van der Waals surface area contributed by atoms with Crippen LogP contribution in [0.4, 0.5) is 5.82 Å². The maximum Gasteiger partial charge on any atom is 0.148 e. The molecular weight excluding hydrogens is 242 g/mol. The lowest BCUT2D eigenvalue weighted by Crippen LogP contribution is -2.51. The second-order valence-corrected chi connectivity index (χ2v) is 4.08. The van der Waals surface area contributed by atoms with Gasteiger partial charge in [-0.15, -0.1) is 0 Å². The molecule has 1 aliphatic rings. The number of hydrogen-bond donors (Lipinski definition) is 1. The quantitative estimate of drug-likeness (QED) is 0.643. The van der Waals surface area contributed by atoms with Gasteiger partial charge in [-0.2, -0.15) is 0 Å². The van der Waals surface area contributed by atoms with E-state index >= 15 is 0 Å². The number of hydrazine groups is 1. The van der Waals surface area contributed by atoms with E-state index in [9.17, 15) is 4.79 Å². The lowest BCUT2D eigenvalue weighted by Gasteiger charge is -2.25. The number of halogens is 1. The Morgan fingerprint density at radius 1 is 1.65 bits per heavy atom. The highest BCUT2D eigenvalue weighted by Gasteiger charge is 2.37. The number of rotatable bonds is 4. The topological polar surface area (TPSA) is 54.5 Å². The molecule has 0 amide bonds. The number of ether oxygens (including phenoxy) is 1. The Hall–Kier alpha value is -1.43. The first-order valence-electron chi connectivity index (χ1n) is 5.03. The van der Waals surface area contributed by atoms with Crippen LogP contribution in [0.3, 0.4) is 0 Å². The van der Waals surface area contributed by atoms with Gasteiger partial charge in [0.25, 0.3) is 0 Å². The average molecular weight is 254 g/mol. The molecule has 0 spiro atoms. The van der Waals surface area contributed by atoms with Crippen molar-refractivity contribution in [1.29, 1.82) is 0 Å². The fourth-order valence-corrected chi connectivity index (χ4v) is 1.95. The second kappa shape index (κ2) is 4.83. The second-order valence-electron chi connectivity index (χ2n) is 3.69. The maximum atomic E-state index is 11.1. The Kier molecular flexibility index (Phi) is 3.42. The number of carbonyl (C=O) groups excluding carboxylic acids is 1. The predicted octanol–water partition coefficient (Wildman–Crippen LogP) is 1.07. The van der Waals surface area contributed by atoms with Crippen LogP contribution in [0, 0.1) is 0 Å².